The lowest BCUT2D eigenvalue weighted by Gasteiger charge is -2.42. The van der Waals surface area contributed by atoms with Crippen LogP contribution in [0.2, 0.25) is 0 Å². The number of methoxy groups -OCH3 is 1. The number of carbonyl (C=O) groups is 1. The average molecular weight is 321 g/mol. The van der Waals surface area contributed by atoms with Crippen LogP contribution in [0.5, 0.6) is 0 Å². The Bertz CT molecular complexity index is 545. The molecule has 2 fully saturated rings. The lowest BCUT2D eigenvalue weighted by molar-refractivity contribution is 0.0631. The highest BCUT2D eigenvalue weighted by Crippen LogP contribution is 2.43. The molecule has 23 heavy (non-hydrogen) atoms. The number of nitrogens with zero attached hydrogens (tertiary/aromatic N) is 2. The molecular formula is C17H27N3O3. The Labute approximate surface area is 137 Å². The quantitative estimate of drug-likeness (QED) is 0.832. The second-order valence-corrected chi connectivity index (χ2v) is 6.94. The van der Waals surface area contributed by atoms with Gasteiger partial charge >= 0.3 is 0 Å². The topological polar surface area (TPSA) is 65.4 Å². The van der Waals surface area contributed by atoms with Crippen LogP contribution in [0.4, 0.5) is 0 Å². The first kappa shape index (κ1) is 16.5. The number of carbonyl (C=O) groups excluding carboxylic acids is 1. The second-order valence-electron chi connectivity index (χ2n) is 6.94. The molecule has 128 valence electrons. The third-order valence-corrected chi connectivity index (χ3v) is 5.29. The van der Waals surface area contributed by atoms with Gasteiger partial charge in [0.1, 0.15) is 0 Å². The van der Waals surface area contributed by atoms with E-state index >= 15 is 0 Å². The van der Waals surface area contributed by atoms with Gasteiger partial charge < -0.3 is 14.8 Å². The smallest absolute Gasteiger partial charge is 0.254 e. The average Bonchev–Trinajstić information content (AvgIpc) is 3.14. The van der Waals surface area contributed by atoms with Crippen LogP contribution in [-0.4, -0.2) is 49.2 Å². The number of rotatable bonds is 7. The van der Waals surface area contributed by atoms with Crippen LogP contribution in [0.3, 0.4) is 0 Å². The Balaban J connectivity index is 1.64. The minimum absolute atomic E-state index is 0.0105. The van der Waals surface area contributed by atoms with Crippen molar-refractivity contribution in [1.82, 2.24) is 15.1 Å². The molecule has 1 aromatic heterocycles. The van der Waals surface area contributed by atoms with Gasteiger partial charge in [0.05, 0.1) is 17.9 Å². The van der Waals surface area contributed by atoms with E-state index in [9.17, 15) is 4.79 Å². The van der Waals surface area contributed by atoms with E-state index in [1.807, 2.05) is 13.2 Å². The van der Waals surface area contributed by atoms with Crippen molar-refractivity contribution in [2.24, 2.45) is 12.5 Å². The summed E-state index contributed by atoms with van der Waals surface area (Å²) in [5, 5.41) is 7.64. The number of hydrogen-bond donors (Lipinski definition) is 1. The van der Waals surface area contributed by atoms with Crippen LogP contribution in [0, 0.1) is 5.41 Å². The molecule has 1 N–H and O–H groups in total. The lowest BCUT2D eigenvalue weighted by atomic mass is 9.66. The summed E-state index contributed by atoms with van der Waals surface area (Å²) in [5.41, 5.74) is 1.80. The molecule has 1 saturated carbocycles. The standard InChI is InChI=1S/C17H27N3O3/c1-20-10-14(15(19-20)13-4-8-23-11-13)16(21)18-12-17(5-3-6-17)7-9-22-2/h10,13H,3-9,11-12H2,1-2H3,(H,18,21)/t13-/m0/s1. The maximum absolute atomic E-state index is 12.7. The predicted octanol–water partition coefficient (Wildman–Crippen LogP) is 1.86. The van der Waals surface area contributed by atoms with E-state index in [-0.39, 0.29) is 17.2 Å². The third kappa shape index (κ3) is 3.58. The van der Waals surface area contributed by atoms with Crippen molar-refractivity contribution in [2.75, 3.05) is 33.5 Å². The van der Waals surface area contributed by atoms with Gasteiger partial charge in [0.15, 0.2) is 0 Å². The van der Waals surface area contributed by atoms with Gasteiger partial charge in [-0.15, -0.1) is 0 Å². The van der Waals surface area contributed by atoms with E-state index < -0.39 is 0 Å². The molecule has 0 radical (unpaired) electrons. The molecule has 1 aliphatic heterocycles. The maximum Gasteiger partial charge on any atom is 0.254 e. The van der Waals surface area contributed by atoms with Crippen LogP contribution in [-0.2, 0) is 16.5 Å². The molecular weight excluding hydrogens is 294 g/mol. The van der Waals surface area contributed by atoms with Gasteiger partial charge in [-0.05, 0) is 31.1 Å². The fraction of sp³-hybridized carbons (Fsp3) is 0.765. The minimum atomic E-state index is -0.0105. The van der Waals surface area contributed by atoms with Crippen molar-refractivity contribution in [3.8, 4) is 0 Å². The Morgan fingerprint density at radius 3 is 3.00 bits per heavy atom. The molecule has 1 aliphatic carbocycles. The Hall–Kier alpha value is -1.40. The van der Waals surface area contributed by atoms with E-state index in [0.29, 0.717) is 12.2 Å². The van der Waals surface area contributed by atoms with Crippen molar-refractivity contribution in [1.29, 1.82) is 0 Å². The monoisotopic (exact) mass is 321 g/mol. The van der Waals surface area contributed by atoms with Gasteiger partial charge in [-0.3, -0.25) is 9.48 Å². The summed E-state index contributed by atoms with van der Waals surface area (Å²) in [6, 6.07) is 0. The molecule has 1 atom stereocenters. The molecule has 1 saturated heterocycles. The first-order valence-electron chi connectivity index (χ1n) is 8.52. The molecule has 0 spiro atoms. The van der Waals surface area contributed by atoms with E-state index in [1.54, 1.807) is 11.8 Å². The molecule has 6 heteroatoms. The minimum Gasteiger partial charge on any atom is -0.385 e. The van der Waals surface area contributed by atoms with Gasteiger partial charge in [-0.1, -0.05) is 6.42 Å². The van der Waals surface area contributed by atoms with Gasteiger partial charge in [0.25, 0.3) is 5.91 Å². The SMILES string of the molecule is COCCC1(CNC(=O)c2cn(C)nc2[C@H]2CCOC2)CCC1. The third-order valence-electron chi connectivity index (χ3n) is 5.29. The summed E-state index contributed by atoms with van der Waals surface area (Å²) >= 11 is 0. The Morgan fingerprint density at radius 2 is 2.39 bits per heavy atom. The number of amides is 1. The first-order chi connectivity index (χ1) is 11.1. The second kappa shape index (κ2) is 7.01. The van der Waals surface area contributed by atoms with Crippen molar-refractivity contribution < 1.29 is 14.3 Å². The normalized spacial score (nSPS) is 22.8. The van der Waals surface area contributed by atoms with Crippen molar-refractivity contribution in [2.45, 2.75) is 38.0 Å². The molecule has 0 bridgehead atoms. The molecule has 1 amide bonds. The van der Waals surface area contributed by atoms with Gasteiger partial charge in [0.2, 0.25) is 0 Å². The molecule has 0 aromatic carbocycles. The zero-order valence-electron chi connectivity index (χ0n) is 14.1. The fourth-order valence-electron chi connectivity index (χ4n) is 3.61. The van der Waals surface area contributed by atoms with Crippen LogP contribution in [0.15, 0.2) is 6.20 Å². The highest BCUT2D eigenvalue weighted by atomic mass is 16.5. The molecule has 2 heterocycles. The highest BCUT2D eigenvalue weighted by molar-refractivity contribution is 5.95. The number of aryl methyl sites for hydroxylation is 1. The van der Waals surface area contributed by atoms with Crippen LogP contribution < -0.4 is 5.32 Å². The Kier molecular flexibility index (Phi) is 5.02. The number of nitrogens with one attached hydrogen (secondary N) is 1. The summed E-state index contributed by atoms with van der Waals surface area (Å²) in [6.45, 7) is 2.90. The van der Waals surface area contributed by atoms with Crippen LogP contribution in [0.25, 0.3) is 0 Å². The fourth-order valence-corrected chi connectivity index (χ4v) is 3.61. The molecule has 0 unspecified atom stereocenters. The van der Waals surface area contributed by atoms with Crippen LogP contribution in [0.1, 0.15) is 54.1 Å². The van der Waals surface area contributed by atoms with Gasteiger partial charge in [-0.2, -0.15) is 5.10 Å². The van der Waals surface area contributed by atoms with Crippen LogP contribution >= 0.6 is 0 Å². The molecule has 6 nitrogen and oxygen atoms in total. The number of aromatic nitrogens is 2. The zero-order chi connectivity index (χ0) is 16.3. The summed E-state index contributed by atoms with van der Waals surface area (Å²) in [7, 11) is 3.60. The van der Waals surface area contributed by atoms with E-state index in [0.717, 1.165) is 38.3 Å². The molecule has 2 aliphatic rings. The maximum atomic E-state index is 12.7. The van der Waals surface area contributed by atoms with E-state index in [2.05, 4.69) is 10.4 Å². The summed E-state index contributed by atoms with van der Waals surface area (Å²) in [6.07, 6.45) is 7.37. The van der Waals surface area contributed by atoms with Crippen molar-refractivity contribution in [3.63, 3.8) is 0 Å². The first-order valence-corrected chi connectivity index (χ1v) is 8.52. The van der Waals surface area contributed by atoms with Crippen molar-refractivity contribution >= 4 is 5.91 Å². The largest absolute Gasteiger partial charge is 0.385 e. The number of ether oxygens (including phenoxy) is 2. The van der Waals surface area contributed by atoms with Crippen molar-refractivity contribution in [3.05, 3.63) is 17.5 Å². The summed E-state index contributed by atoms with van der Waals surface area (Å²) in [5.74, 6) is 0.229. The molecule has 1 aromatic rings. The van der Waals surface area contributed by atoms with Gasteiger partial charge in [-0.25, -0.2) is 0 Å². The van der Waals surface area contributed by atoms with E-state index in [1.165, 1.54) is 19.3 Å². The van der Waals surface area contributed by atoms with Gasteiger partial charge in [0, 0.05) is 46.0 Å². The summed E-state index contributed by atoms with van der Waals surface area (Å²) < 4.78 is 12.4. The highest BCUT2D eigenvalue weighted by Gasteiger charge is 2.37. The number of hydrogen-bond acceptors (Lipinski definition) is 4. The zero-order valence-corrected chi connectivity index (χ0v) is 14.1. The molecule has 3 rings (SSSR count). The summed E-state index contributed by atoms with van der Waals surface area (Å²) in [4.78, 5) is 12.7. The Morgan fingerprint density at radius 1 is 1.57 bits per heavy atom. The lowest BCUT2D eigenvalue weighted by Crippen LogP contribution is -2.43. The van der Waals surface area contributed by atoms with E-state index in [4.69, 9.17) is 9.47 Å². The predicted molar refractivity (Wildman–Crippen MR) is 86.5 cm³/mol.